The van der Waals surface area contributed by atoms with E-state index >= 15 is 0 Å². The molecule has 0 radical (unpaired) electrons. The van der Waals surface area contributed by atoms with Crippen LogP contribution in [0.2, 0.25) is 0 Å². The van der Waals surface area contributed by atoms with Gasteiger partial charge in [0.25, 0.3) is 0 Å². The Bertz CT molecular complexity index is 325. The van der Waals surface area contributed by atoms with Gasteiger partial charge < -0.3 is 20.3 Å². The highest BCUT2D eigenvalue weighted by Gasteiger charge is 2.50. The zero-order valence-corrected chi connectivity index (χ0v) is 12.4. The standard InChI is InChI=1S/C14H27N3O2/c1-16-8-6-12(7-9-16)17(2)10-14(15,11-4-5-11)13(18)19-3/h11-12H,4-10,15H2,1-3H3. The van der Waals surface area contributed by atoms with Crippen molar-refractivity contribution in [1.82, 2.24) is 9.80 Å². The van der Waals surface area contributed by atoms with Gasteiger partial charge in [-0.05, 0) is 58.8 Å². The smallest absolute Gasteiger partial charge is 0.327 e. The maximum absolute atomic E-state index is 12.0. The second-order valence-corrected chi connectivity index (χ2v) is 6.26. The summed E-state index contributed by atoms with van der Waals surface area (Å²) < 4.78 is 4.92. The summed E-state index contributed by atoms with van der Waals surface area (Å²) in [4.78, 5) is 16.6. The van der Waals surface area contributed by atoms with Gasteiger partial charge in [-0.15, -0.1) is 0 Å². The van der Waals surface area contributed by atoms with Crippen LogP contribution in [0.25, 0.3) is 0 Å². The zero-order valence-electron chi connectivity index (χ0n) is 12.4. The lowest BCUT2D eigenvalue weighted by Gasteiger charge is -2.39. The number of nitrogens with two attached hydrogens (primary N) is 1. The molecule has 0 aromatic carbocycles. The Morgan fingerprint density at radius 2 is 1.95 bits per heavy atom. The number of nitrogens with zero attached hydrogens (tertiary/aromatic N) is 2. The molecule has 0 aromatic heterocycles. The first-order valence-electron chi connectivity index (χ1n) is 7.23. The first-order chi connectivity index (χ1) is 8.97. The normalized spacial score (nSPS) is 25.3. The molecule has 110 valence electrons. The fourth-order valence-electron chi connectivity index (χ4n) is 3.13. The Morgan fingerprint density at radius 3 is 2.42 bits per heavy atom. The molecule has 2 rings (SSSR count). The SMILES string of the molecule is COC(=O)C(N)(CN(C)C1CCN(C)CC1)C1CC1. The molecule has 0 bridgehead atoms. The minimum atomic E-state index is -0.813. The van der Waals surface area contributed by atoms with Crippen molar-refractivity contribution in [2.45, 2.75) is 37.3 Å². The number of hydrogen-bond donors (Lipinski definition) is 1. The number of likely N-dealkylation sites (N-methyl/N-ethyl adjacent to an activating group) is 1. The van der Waals surface area contributed by atoms with Gasteiger partial charge in [0, 0.05) is 12.6 Å². The highest BCUT2D eigenvalue weighted by Crippen LogP contribution is 2.39. The summed E-state index contributed by atoms with van der Waals surface area (Å²) in [6, 6.07) is 0.530. The first-order valence-corrected chi connectivity index (χ1v) is 7.23. The van der Waals surface area contributed by atoms with Crippen molar-refractivity contribution in [3.05, 3.63) is 0 Å². The minimum absolute atomic E-state index is 0.255. The average Bonchev–Trinajstić information content (AvgIpc) is 3.22. The van der Waals surface area contributed by atoms with Crippen LogP contribution in [-0.2, 0) is 9.53 Å². The van der Waals surface area contributed by atoms with Crippen molar-refractivity contribution in [3.8, 4) is 0 Å². The monoisotopic (exact) mass is 269 g/mol. The quantitative estimate of drug-likeness (QED) is 0.727. The molecule has 1 saturated heterocycles. The summed E-state index contributed by atoms with van der Waals surface area (Å²) in [6.07, 6.45) is 4.39. The van der Waals surface area contributed by atoms with Gasteiger partial charge in [0.15, 0.2) is 0 Å². The molecule has 0 spiro atoms. The van der Waals surface area contributed by atoms with Crippen molar-refractivity contribution >= 4 is 5.97 Å². The summed E-state index contributed by atoms with van der Waals surface area (Å²) in [5.74, 6) is 0.0449. The van der Waals surface area contributed by atoms with Gasteiger partial charge in [-0.2, -0.15) is 0 Å². The summed E-state index contributed by atoms with van der Waals surface area (Å²) in [6.45, 7) is 2.85. The second-order valence-electron chi connectivity index (χ2n) is 6.26. The maximum atomic E-state index is 12.0. The lowest BCUT2D eigenvalue weighted by Crippen LogP contribution is -2.59. The van der Waals surface area contributed by atoms with Gasteiger partial charge in [0.05, 0.1) is 7.11 Å². The molecule has 0 aromatic rings. The molecule has 2 aliphatic rings. The molecule has 1 saturated carbocycles. The summed E-state index contributed by atoms with van der Waals surface area (Å²) in [5, 5.41) is 0. The molecule has 1 unspecified atom stereocenters. The van der Waals surface area contributed by atoms with Crippen molar-refractivity contribution < 1.29 is 9.53 Å². The number of hydrogen-bond acceptors (Lipinski definition) is 5. The third kappa shape index (κ3) is 3.27. The lowest BCUT2D eigenvalue weighted by atomic mass is 9.92. The van der Waals surface area contributed by atoms with Crippen LogP contribution in [0.3, 0.4) is 0 Å². The molecule has 5 heteroatoms. The van der Waals surface area contributed by atoms with Gasteiger partial charge in [0.2, 0.25) is 0 Å². The maximum Gasteiger partial charge on any atom is 0.327 e. The Kier molecular flexibility index (Phi) is 4.48. The molecular weight excluding hydrogens is 242 g/mol. The molecule has 1 aliphatic carbocycles. The van der Waals surface area contributed by atoms with Crippen LogP contribution in [0.15, 0.2) is 0 Å². The number of methoxy groups -OCH3 is 1. The van der Waals surface area contributed by atoms with Gasteiger partial charge in [-0.1, -0.05) is 0 Å². The molecule has 5 nitrogen and oxygen atoms in total. The topological polar surface area (TPSA) is 58.8 Å². The van der Waals surface area contributed by atoms with Gasteiger partial charge in [0.1, 0.15) is 5.54 Å². The van der Waals surface area contributed by atoms with Gasteiger partial charge in [-0.25, -0.2) is 0 Å². The van der Waals surface area contributed by atoms with E-state index in [4.69, 9.17) is 10.5 Å². The fraction of sp³-hybridized carbons (Fsp3) is 0.929. The van der Waals surface area contributed by atoms with E-state index in [0.29, 0.717) is 18.5 Å². The van der Waals surface area contributed by atoms with Crippen molar-refractivity contribution in [2.75, 3.05) is 40.8 Å². The number of piperidine rings is 1. The van der Waals surface area contributed by atoms with E-state index in [1.54, 1.807) is 0 Å². The van der Waals surface area contributed by atoms with E-state index in [-0.39, 0.29) is 5.97 Å². The van der Waals surface area contributed by atoms with E-state index in [9.17, 15) is 4.79 Å². The highest BCUT2D eigenvalue weighted by molar-refractivity contribution is 5.81. The predicted molar refractivity (Wildman–Crippen MR) is 74.8 cm³/mol. The molecule has 2 fully saturated rings. The van der Waals surface area contributed by atoms with E-state index in [1.807, 2.05) is 0 Å². The van der Waals surface area contributed by atoms with Crippen LogP contribution in [0, 0.1) is 5.92 Å². The molecule has 1 atom stereocenters. The first kappa shape index (κ1) is 14.8. The average molecular weight is 269 g/mol. The van der Waals surface area contributed by atoms with Crippen LogP contribution >= 0.6 is 0 Å². The number of likely N-dealkylation sites (tertiary alicyclic amines) is 1. The number of rotatable bonds is 5. The van der Waals surface area contributed by atoms with Crippen molar-refractivity contribution in [3.63, 3.8) is 0 Å². The van der Waals surface area contributed by atoms with E-state index < -0.39 is 5.54 Å². The summed E-state index contributed by atoms with van der Waals surface area (Å²) >= 11 is 0. The van der Waals surface area contributed by atoms with Crippen LogP contribution in [-0.4, -0.2) is 68.2 Å². The van der Waals surface area contributed by atoms with E-state index in [0.717, 1.165) is 38.8 Å². The molecule has 1 aliphatic heterocycles. The Morgan fingerprint density at radius 1 is 1.37 bits per heavy atom. The zero-order chi connectivity index (χ0) is 14.0. The number of carbonyl (C=O) groups is 1. The third-order valence-corrected chi connectivity index (χ3v) is 4.69. The fourth-order valence-corrected chi connectivity index (χ4v) is 3.13. The van der Waals surface area contributed by atoms with Crippen LogP contribution in [0.1, 0.15) is 25.7 Å². The molecule has 0 amide bonds. The second kappa shape index (κ2) is 5.77. The molecule has 19 heavy (non-hydrogen) atoms. The van der Waals surface area contributed by atoms with Crippen molar-refractivity contribution in [1.29, 1.82) is 0 Å². The Balaban J connectivity index is 1.95. The van der Waals surface area contributed by atoms with Gasteiger partial charge >= 0.3 is 5.97 Å². The van der Waals surface area contributed by atoms with Crippen LogP contribution < -0.4 is 5.73 Å². The Labute approximate surface area is 116 Å². The highest BCUT2D eigenvalue weighted by atomic mass is 16.5. The Hall–Kier alpha value is -0.650. The van der Waals surface area contributed by atoms with Crippen molar-refractivity contribution in [2.24, 2.45) is 11.7 Å². The van der Waals surface area contributed by atoms with Gasteiger partial charge in [-0.3, -0.25) is 4.79 Å². The summed E-state index contributed by atoms with van der Waals surface area (Å²) in [5.41, 5.74) is 5.55. The predicted octanol–water partition coefficient (Wildman–Crippen LogP) is 0.293. The third-order valence-electron chi connectivity index (χ3n) is 4.69. The number of esters is 1. The molecule has 1 heterocycles. The van der Waals surface area contributed by atoms with E-state index in [2.05, 4.69) is 23.9 Å². The van der Waals surface area contributed by atoms with Crippen LogP contribution in [0.4, 0.5) is 0 Å². The van der Waals surface area contributed by atoms with E-state index in [1.165, 1.54) is 7.11 Å². The minimum Gasteiger partial charge on any atom is -0.468 e. The number of carbonyl (C=O) groups excluding carboxylic acids is 1. The lowest BCUT2D eigenvalue weighted by molar-refractivity contribution is -0.149. The number of ether oxygens (including phenoxy) is 1. The molecule has 2 N–H and O–H groups in total. The summed E-state index contributed by atoms with van der Waals surface area (Å²) in [7, 11) is 5.67. The molecular formula is C14H27N3O2. The van der Waals surface area contributed by atoms with Crippen LogP contribution in [0.5, 0.6) is 0 Å². The largest absolute Gasteiger partial charge is 0.468 e.